The molecule has 0 fully saturated rings. The Kier molecular flexibility index (Phi) is 11.0. The predicted molar refractivity (Wildman–Crippen MR) is 102 cm³/mol. The number of azo groups is 1. The molecule has 0 aromatic heterocycles. The summed E-state index contributed by atoms with van der Waals surface area (Å²) in [5, 5.41) is 8.20. The third-order valence-corrected chi connectivity index (χ3v) is 5.01. The summed E-state index contributed by atoms with van der Waals surface area (Å²) in [6.45, 7) is 2.23. The van der Waals surface area contributed by atoms with Crippen LogP contribution in [0.1, 0.15) is 51.0 Å². The van der Waals surface area contributed by atoms with Crippen LogP contribution in [-0.2, 0) is 16.5 Å². The Bertz CT molecular complexity index is 804. The largest absolute Gasteiger partial charge is 1.00 e. The number of unbranched alkanes of at least 4 members (excludes halogenated alkanes) is 5. The quantitative estimate of drug-likeness (QED) is 0.268. The number of aryl methyl sites for hydroxylation is 1. The number of hydrogen-bond donors (Lipinski definition) is 0. The third kappa shape index (κ3) is 9.12. The van der Waals surface area contributed by atoms with Crippen molar-refractivity contribution in [3.05, 3.63) is 54.1 Å². The van der Waals surface area contributed by atoms with Crippen LogP contribution in [0.2, 0.25) is 0 Å². The smallest absolute Gasteiger partial charge is 0.744 e. The van der Waals surface area contributed by atoms with Gasteiger partial charge in [-0.25, -0.2) is 8.42 Å². The molecule has 0 N–H and O–H groups in total. The van der Waals surface area contributed by atoms with Gasteiger partial charge in [0.15, 0.2) is 0 Å². The van der Waals surface area contributed by atoms with Crippen molar-refractivity contribution < 1.29 is 42.5 Å². The second kappa shape index (κ2) is 12.4. The van der Waals surface area contributed by atoms with Crippen LogP contribution in [0.5, 0.6) is 0 Å². The molecule has 0 saturated heterocycles. The second-order valence-electron chi connectivity index (χ2n) is 6.33. The van der Waals surface area contributed by atoms with Crippen molar-refractivity contribution in [1.82, 2.24) is 0 Å². The molecule has 0 heterocycles. The molecule has 2 rings (SSSR count). The summed E-state index contributed by atoms with van der Waals surface area (Å²) in [6, 6.07) is 13.4. The van der Waals surface area contributed by atoms with Crippen LogP contribution in [0.3, 0.4) is 0 Å². The number of benzene rings is 2. The monoisotopic (exact) mass is 396 g/mol. The molecule has 0 aliphatic rings. The van der Waals surface area contributed by atoms with E-state index in [4.69, 9.17) is 0 Å². The molecule has 0 radical (unpaired) electrons. The van der Waals surface area contributed by atoms with Crippen LogP contribution in [0.4, 0.5) is 11.4 Å². The van der Waals surface area contributed by atoms with E-state index in [2.05, 4.69) is 29.3 Å². The normalized spacial score (nSPS) is 11.5. The van der Waals surface area contributed by atoms with E-state index in [9.17, 15) is 13.0 Å². The van der Waals surface area contributed by atoms with Gasteiger partial charge in [-0.3, -0.25) is 0 Å². The van der Waals surface area contributed by atoms with Crippen molar-refractivity contribution in [2.75, 3.05) is 0 Å². The van der Waals surface area contributed by atoms with Crippen molar-refractivity contribution >= 4 is 21.5 Å². The Morgan fingerprint density at radius 1 is 0.778 bits per heavy atom. The Labute approximate surface area is 184 Å². The maximum Gasteiger partial charge on any atom is 1.00 e. The maximum atomic E-state index is 10.9. The van der Waals surface area contributed by atoms with Gasteiger partial charge in [0.05, 0.1) is 16.3 Å². The van der Waals surface area contributed by atoms with Crippen molar-refractivity contribution in [2.24, 2.45) is 10.2 Å². The van der Waals surface area contributed by atoms with Gasteiger partial charge in [0.1, 0.15) is 10.1 Å². The molecule has 0 aliphatic carbocycles. The number of nitrogens with zero attached hydrogens (tertiary/aromatic N) is 2. The van der Waals surface area contributed by atoms with Crippen molar-refractivity contribution in [1.29, 1.82) is 0 Å². The van der Waals surface area contributed by atoms with Crippen LogP contribution in [-0.4, -0.2) is 13.0 Å². The Balaban J connectivity index is 0.00000364. The zero-order valence-electron chi connectivity index (χ0n) is 16.1. The molecule has 2 aromatic carbocycles. The molecule has 140 valence electrons. The zero-order valence-corrected chi connectivity index (χ0v) is 18.9. The molecular formula is C20H25N2NaO3S. The molecule has 0 bridgehead atoms. The summed E-state index contributed by atoms with van der Waals surface area (Å²) in [5.74, 6) is 0. The van der Waals surface area contributed by atoms with Crippen LogP contribution in [0.15, 0.2) is 63.7 Å². The van der Waals surface area contributed by atoms with Gasteiger partial charge in [0.2, 0.25) is 0 Å². The minimum absolute atomic E-state index is 0. The molecule has 0 amide bonds. The van der Waals surface area contributed by atoms with E-state index in [1.54, 1.807) is 0 Å². The molecule has 5 nitrogen and oxygen atoms in total. The van der Waals surface area contributed by atoms with Crippen molar-refractivity contribution in [3.63, 3.8) is 0 Å². The van der Waals surface area contributed by atoms with Crippen LogP contribution >= 0.6 is 0 Å². The Morgan fingerprint density at radius 2 is 1.26 bits per heavy atom. The van der Waals surface area contributed by atoms with Gasteiger partial charge < -0.3 is 4.55 Å². The topological polar surface area (TPSA) is 81.9 Å². The summed E-state index contributed by atoms with van der Waals surface area (Å²) in [6.07, 6.45) is 8.81. The second-order valence-corrected chi connectivity index (χ2v) is 7.71. The van der Waals surface area contributed by atoms with E-state index >= 15 is 0 Å². The van der Waals surface area contributed by atoms with Gasteiger partial charge in [-0.15, -0.1) is 0 Å². The van der Waals surface area contributed by atoms with Gasteiger partial charge >= 0.3 is 29.6 Å². The van der Waals surface area contributed by atoms with E-state index in [0.717, 1.165) is 12.1 Å². The molecule has 7 heteroatoms. The average Bonchev–Trinajstić information content (AvgIpc) is 2.63. The van der Waals surface area contributed by atoms with Crippen LogP contribution in [0, 0.1) is 0 Å². The average molecular weight is 396 g/mol. The van der Waals surface area contributed by atoms with E-state index in [1.807, 2.05) is 12.1 Å². The van der Waals surface area contributed by atoms with Crippen molar-refractivity contribution in [2.45, 2.75) is 56.8 Å². The standard InChI is InChI=1S/C20H26N2O3S.Na/c1-2-3-4-5-6-7-8-17-9-11-18(12-10-17)21-22-19-13-15-20(16-14-19)26(23,24)25;/h9-16H,2-8H2,1H3,(H,23,24,25);/q;+1/p-1. The molecule has 27 heavy (non-hydrogen) atoms. The molecule has 0 spiro atoms. The molecular weight excluding hydrogens is 371 g/mol. The summed E-state index contributed by atoms with van der Waals surface area (Å²) >= 11 is 0. The van der Waals surface area contributed by atoms with Gasteiger partial charge in [-0.2, -0.15) is 10.2 Å². The summed E-state index contributed by atoms with van der Waals surface area (Å²) in [5.41, 5.74) is 2.52. The van der Waals surface area contributed by atoms with Gasteiger partial charge in [0, 0.05) is 0 Å². The SMILES string of the molecule is CCCCCCCCc1ccc(N=Nc2ccc(S(=O)(=O)[O-])cc2)cc1.[Na+]. The van der Waals surface area contributed by atoms with Gasteiger partial charge in [-0.05, 0) is 54.8 Å². The van der Waals surface area contributed by atoms with Gasteiger partial charge in [-0.1, -0.05) is 51.2 Å². The van der Waals surface area contributed by atoms with E-state index in [0.29, 0.717) is 5.69 Å². The summed E-state index contributed by atoms with van der Waals surface area (Å²) < 4.78 is 32.7. The first-order chi connectivity index (χ1) is 12.5. The first-order valence-electron chi connectivity index (χ1n) is 9.05. The van der Waals surface area contributed by atoms with Crippen LogP contribution in [0.25, 0.3) is 0 Å². The Hall–Kier alpha value is -1.05. The summed E-state index contributed by atoms with van der Waals surface area (Å²) in [7, 11) is -4.43. The maximum absolute atomic E-state index is 10.9. The van der Waals surface area contributed by atoms with E-state index in [-0.39, 0.29) is 34.5 Å². The predicted octanol–water partition coefficient (Wildman–Crippen LogP) is 2.91. The number of hydrogen-bond acceptors (Lipinski definition) is 5. The fourth-order valence-corrected chi connectivity index (χ4v) is 3.10. The molecule has 0 saturated carbocycles. The van der Waals surface area contributed by atoms with E-state index in [1.165, 1.54) is 68.4 Å². The van der Waals surface area contributed by atoms with Crippen molar-refractivity contribution in [3.8, 4) is 0 Å². The summed E-state index contributed by atoms with van der Waals surface area (Å²) in [4.78, 5) is -0.268. The first kappa shape index (κ1) is 24.0. The minimum Gasteiger partial charge on any atom is -0.744 e. The number of rotatable bonds is 10. The molecule has 0 aliphatic heterocycles. The first-order valence-corrected chi connectivity index (χ1v) is 10.5. The van der Waals surface area contributed by atoms with E-state index < -0.39 is 10.1 Å². The fourth-order valence-electron chi connectivity index (χ4n) is 2.63. The zero-order chi connectivity index (χ0) is 18.8. The molecule has 0 unspecified atom stereocenters. The minimum atomic E-state index is -4.43. The fraction of sp³-hybridized carbons (Fsp3) is 0.400. The molecule has 0 atom stereocenters. The van der Waals surface area contributed by atoms with Crippen LogP contribution < -0.4 is 29.6 Å². The van der Waals surface area contributed by atoms with Gasteiger partial charge in [0.25, 0.3) is 0 Å². The molecule has 2 aromatic rings. The Morgan fingerprint density at radius 3 is 1.78 bits per heavy atom. The third-order valence-electron chi connectivity index (χ3n) is 4.16.